The van der Waals surface area contributed by atoms with Crippen molar-refractivity contribution in [1.82, 2.24) is 10.0 Å². The van der Waals surface area contributed by atoms with E-state index in [1.807, 2.05) is 6.92 Å². The maximum absolute atomic E-state index is 12.1. The van der Waals surface area contributed by atoms with Crippen LogP contribution in [0.3, 0.4) is 0 Å². The molecule has 1 aliphatic carbocycles. The van der Waals surface area contributed by atoms with Gasteiger partial charge in [0.05, 0.1) is 4.90 Å². The minimum Gasteiger partial charge on any atom is -0.341 e. The summed E-state index contributed by atoms with van der Waals surface area (Å²) in [5.41, 5.74) is 0.244. The molecule has 1 aromatic rings. The smallest absolute Gasteiger partial charge is 0.318 e. The Hall–Kier alpha value is -1.60. The van der Waals surface area contributed by atoms with Crippen LogP contribution >= 0.6 is 0 Å². The van der Waals surface area contributed by atoms with Crippen LogP contribution in [-0.4, -0.2) is 27.0 Å². The highest BCUT2D eigenvalue weighted by molar-refractivity contribution is 7.89. The quantitative estimate of drug-likeness (QED) is 0.777. The van der Waals surface area contributed by atoms with Crippen LogP contribution in [-0.2, 0) is 10.0 Å². The van der Waals surface area contributed by atoms with E-state index in [2.05, 4.69) is 15.4 Å². The first-order chi connectivity index (χ1) is 8.85. The second-order valence-electron chi connectivity index (χ2n) is 4.89. The minimum atomic E-state index is -3.48. The number of hydrogen-bond donors (Lipinski definition) is 3. The lowest BCUT2D eigenvalue weighted by Gasteiger charge is -2.12. The number of anilines is 1. The molecule has 0 unspecified atom stereocenters. The van der Waals surface area contributed by atoms with Crippen molar-refractivity contribution < 1.29 is 13.2 Å². The number of carbonyl (C=O) groups is 1. The van der Waals surface area contributed by atoms with Gasteiger partial charge < -0.3 is 10.6 Å². The molecule has 2 amide bonds. The number of nitrogens with one attached hydrogen (secondary N) is 3. The third-order valence-corrected chi connectivity index (χ3v) is 4.68. The molecule has 19 heavy (non-hydrogen) atoms. The van der Waals surface area contributed by atoms with Crippen molar-refractivity contribution in [2.24, 2.45) is 0 Å². The molecular weight excluding hydrogens is 266 g/mol. The van der Waals surface area contributed by atoms with Gasteiger partial charge in [-0.15, -0.1) is 0 Å². The van der Waals surface area contributed by atoms with Crippen LogP contribution in [0.15, 0.2) is 29.2 Å². The number of carbonyl (C=O) groups excluding carboxylic acids is 1. The fourth-order valence-corrected chi connectivity index (χ4v) is 3.05. The molecule has 1 fully saturated rings. The van der Waals surface area contributed by atoms with Gasteiger partial charge in [0.2, 0.25) is 10.0 Å². The molecule has 0 heterocycles. The number of rotatable bonds is 4. The molecular formula is C12H17N3O3S. The Bertz CT molecular complexity index is 577. The molecule has 2 rings (SSSR count). The second-order valence-corrected chi connectivity index (χ2v) is 6.58. The molecule has 0 saturated heterocycles. The summed E-state index contributed by atoms with van der Waals surface area (Å²) in [6.45, 7) is 1.88. The van der Waals surface area contributed by atoms with Gasteiger partial charge >= 0.3 is 6.03 Å². The third-order valence-electron chi connectivity index (χ3n) is 3.03. The molecule has 0 spiro atoms. The summed E-state index contributed by atoms with van der Waals surface area (Å²) in [6, 6.07) is 5.70. The second kappa shape index (κ2) is 4.82. The summed E-state index contributed by atoms with van der Waals surface area (Å²) >= 11 is 0. The van der Waals surface area contributed by atoms with E-state index >= 15 is 0 Å². The highest BCUT2D eigenvalue weighted by atomic mass is 32.2. The summed E-state index contributed by atoms with van der Waals surface area (Å²) in [6.07, 6.45) is 1.73. The van der Waals surface area contributed by atoms with E-state index in [0.29, 0.717) is 5.69 Å². The van der Waals surface area contributed by atoms with Crippen molar-refractivity contribution in [2.75, 3.05) is 12.4 Å². The Morgan fingerprint density at radius 1 is 1.21 bits per heavy atom. The van der Waals surface area contributed by atoms with Gasteiger partial charge in [0.1, 0.15) is 0 Å². The molecule has 0 aliphatic heterocycles. The third kappa shape index (κ3) is 3.45. The molecule has 104 valence electrons. The standard InChI is InChI=1S/C12H17N3O3S/c1-12(7-8-12)15-19(17,18)10-5-3-9(4-6-10)14-11(16)13-2/h3-6,15H,7-8H2,1-2H3,(H2,13,14,16). The summed E-state index contributed by atoms with van der Waals surface area (Å²) < 4.78 is 26.8. The van der Waals surface area contributed by atoms with Crippen LogP contribution in [0, 0.1) is 0 Å². The summed E-state index contributed by atoms with van der Waals surface area (Å²) in [7, 11) is -1.98. The Balaban J connectivity index is 2.11. The SMILES string of the molecule is CNC(=O)Nc1ccc(S(=O)(=O)NC2(C)CC2)cc1. The van der Waals surface area contributed by atoms with Gasteiger partial charge in [-0.3, -0.25) is 0 Å². The first-order valence-electron chi connectivity index (χ1n) is 5.97. The van der Waals surface area contributed by atoms with Gasteiger partial charge in [0.25, 0.3) is 0 Å². The van der Waals surface area contributed by atoms with Gasteiger partial charge in [0, 0.05) is 18.3 Å². The van der Waals surface area contributed by atoms with Crippen LogP contribution in [0.4, 0.5) is 10.5 Å². The molecule has 0 atom stereocenters. The molecule has 1 aromatic carbocycles. The molecule has 0 radical (unpaired) electrons. The molecule has 0 bridgehead atoms. The van der Waals surface area contributed by atoms with E-state index in [0.717, 1.165) is 12.8 Å². The number of urea groups is 1. The zero-order valence-corrected chi connectivity index (χ0v) is 11.7. The molecule has 1 saturated carbocycles. The van der Waals surface area contributed by atoms with Gasteiger partial charge in [-0.2, -0.15) is 0 Å². The number of benzene rings is 1. The van der Waals surface area contributed by atoms with Crippen LogP contribution < -0.4 is 15.4 Å². The molecule has 7 heteroatoms. The van der Waals surface area contributed by atoms with Gasteiger partial charge in [0.15, 0.2) is 0 Å². The van der Waals surface area contributed by atoms with E-state index in [9.17, 15) is 13.2 Å². The van der Waals surface area contributed by atoms with Crippen molar-refractivity contribution in [3.8, 4) is 0 Å². The Kier molecular flexibility index (Phi) is 3.51. The van der Waals surface area contributed by atoms with E-state index in [1.54, 1.807) is 12.1 Å². The first-order valence-corrected chi connectivity index (χ1v) is 7.46. The van der Waals surface area contributed by atoms with Crippen LogP contribution in [0.25, 0.3) is 0 Å². The lowest BCUT2D eigenvalue weighted by atomic mass is 10.3. The topological polar surface area (TPSA) is 87.3 Å². The number of sulfonamides is 1. The van der Waals surface area contributed by atoms with Crippen LogP contribution in [0.2, 0.25) is 0 Å². The molecule has 1 aliphatic rings. The predicted octanol–water partition coefficient (Wildman–Crippen LogP) is 1.27. The maximum atomic E-state index is 12.1. The normalized spacial score (nSPS) is 16.7. The number of hydrogen-bond acceptors (Lipinski definition) is 3. The van der Waals surface area contributed by atoms with E-state index in [1.165, 1.54) is 19.2 Å². The average molecular weight is 283 g/mol. The zero-order valence-electron chi connectivity index (χ0n) is 10.9. The lowest BCUT2D eigenvalue weighted by molar-refractivity contribution is 0.254. The Morgan fingerprint density at radius 2 is 1.79 bits per heavy atom. The van der Waals surface area contributed by atoms with Crippen molar-refractivity contribution in [1.29, 1.82) is 0 Å². The minimum absolute atomic E-state index is 0.197. The van der Waals surface area contributed by atoms with E-state index < -0.39 is 10.0 Å². The summed E-state index contributed by atoms with van der Waals surface area (Å²) in [5.74, 6) is 0. The molecule has 3 N–H and O–H groups in total. The van der Waals surface area contributed by atoms with Crippen molar-refractivity contribution in [3.05, 3.63) is 24.3 Å². The van der Waals surface area contributed by atoms with Gasteiger partial charge in [-0.05, 0) is 44.0 Å². The lowest BCUT2D eigenvalue weighted by Crippen LogP contribution is -2.34. The van der Waals surface area contributed by atoms with Crippen LogP contribution in [0.5, 0.6) is 0 Å². The molecule has 0 aromatic heterocycles. The van der Waals surface area contributed by atoms with Gasteiger partial charge in [-0.1, -0.05) is 0 Å². The Morgan fingerprint density at radius 3 is 2.26 bits per heavy atom. The van der Waals surface area contributed by atoms with E-state index in [4.69, 9.17) is 0 Å². The maximum Gasteiger partial charge on any atom is 0.318 e. The van der Waals surface area contributed by atoms with Crippen molar-refractivity contribution >= 4 is 21.7 Å². The van der Waals surface area contributed by atoms with E-state index in [-0.39, 0.29) is 16.5 Å². The first kappa shape index (κ1) is 13.8. The molecule has 6 nitrogen and oxygen atoms in total. The van der Waals surface area contributed by atoms with Crippen molar-refractivity contribution in [3.63, 3.8) is 0 Å². The van der Waals surface area contributed by atoms with Crippen LogP contribution in [0.1, 0.15) is 19.8 Å². The zero-order chi connectivity index (χ0) is 14.1. The highest BCUT2D eigenvalue weighted by Crippen LogP contribution is 2.35. The highest BCUT2D eigenvalue weighted by Gasteiger charge is 2.41. The fourth-order valence-electron chi connectivity index (χ4n) is 1.58. The summed E-state index contributed by atoms with van der Waals surface area (Å²) in [5, 5.41) is 4.98. The fraction of sp³-hybridized carbons (Fsp3) is 0.417. The Labute approximate surface area is 112 Å². The largest absolute Gasteiger partial charge is 0.341 e. The monoisotopic (exact) mass is 283 g/mol. The number of amides is 2. The predicted molar refractivity (Wildman–Crippen MR) is 72.5 cm³/mol. The summed E-state index contributed by atoms with van der Waals surface area (Å²) in [4.78, 5) is 11.3. The van der Waals surface area contributed by atoms with Gasteiger partial charge in [-0.25, -0.2) is 17.9 Å². The van der Waals surface area contributed by atoms with Crippen molar-refractivity contribution in [2.45, 2.75) is 30.2 Å². The average Bonchev–Trinajstić information content (AvgIpc) is 3.06.